The number of amidine groups is 1. The van der Waals surface area contributed by atoms with Crippen molar-refractivity contribution in [2.24, 2.45) is 0 Å². The minimum atomic E-state index is -0.0339. The van der Waals surface area contributed by atoms with Gasteiger partial charge in [-0.15, -0.1) is 0 Å². The summed E-state index contributed by atoms with van der Waals surface area (Å²) in [6.45, 7) is 8.72. The zero-order valence-corrected chi connectivity index (χ0v) is 19.5. The van der Waals surface area contributed by atoms with Gasteiger partial charge in [-0.25, -0.2) is 0 Å². The number of phenols is 1. The van der Waals surface area contributed by atoms with Crippen LogP contribution in [0.1, 0.15) is 51.7 Å². The van der Waals surface area contributed by atoms with Crippen LogP contribution in [0.2, 0.25) is 0 Å². The first-order valence-corrected chi connectivity index (χ1v) is 10.8. The second-order valence-corrected chi connectivity index (χ2v) is 10.1. The van der Waals surface area contributed by atoms with Gasteiger partial charge in [0.2, 0.25) is 0 Å². The first-order valence-electron chi connectivity index (χ1n) is 9.98. The Bertz CT molecular complexity index is 845. The van der Waals surface area contributed by atoms with E-state index in [0.717, 1.165) is 24.6 Å². The molecule has 1 saturated heterocycles. The van der Waals surface area contributed by atoms with Crippen molar-refractivity contribution in [3.8, 4) is 5.75 Å². The van der Waals surface area contributed by atoms with Gasteiger partial charge in [0.25, 0.3) is 0 Å². The fraction of sp³-hybridized carbons (Fsp3) is 0.500. The normalized spacial score (nSPS) is 18.5. The predicted octanol–water partition coefficient (Wildman–Crippen LogP) is 3.84. The lowest BCUT2D eigenvalue weighted by Gasteiger charge is -2.49. The van der Waals surface area contributed by atoms with E-state index in [1.807, 2.05) is 11.9 Å². The summed E-state index contributed by atoms with van der Waals surface area (Å²) in [6.07, 6.45) is 4.70. The number of piperidine rings is 1. The predicted molar refractivity (Wildman–Crippen MR) is 128 cm³/mol. The Labute approximate surface area is 183 Å². The molecule has 1 aromatic rings. The third-order valence-electron chi connectivity index (χ3n) is 5.27. The van der Waals surface area contributed by atoms with E-state index < -0.39 is 0 Å². The molecule has 0 spiro atoms. The van der Waals surface area contributed by atoms with E-state index in [0.29, 0.717) is 16.7 Å². The summed E-state index contributed by atoms with van der Waals surface area (Å²) in [7, 11) is 3.66. The minimum absolute atomic E-state index is 0.0271. The molecule has 1 heterocycles. The highest BCUT2D eigenvalue weighted by Gasteiger charge is 2.39. The lowest BCUT2D eigenvalue weighted by Crippen LogP contribution is -2.62. The zero-order valence-electron chi connectivity index (χ0n) is 18.7. The van der Waals surface area contributed by atoms with Gasteiger partial charge < -0.3 is 26.0 Å². The molecule has 1 fully saturated rings. The van der Waals surface area contributed by atoms with Crippen LogP contribution < -0.4 is 10.6 Å². The van der Waals surface area contributed by atoms with Gasteiger partial charge in [-0.1, -0.05) is 6.07 Å². The molecular weight excluding hydrogens is 396 g/mol. The van der Waals surface area contributed by atoms with Crippen LogP contribution in [0.25, 0.3) is 5.57 Å². The van der Waals surface area contributed by atoms with Gasteiger partial charge in [-0.2, -0.15) is 0 Å². The molecule has 30 heavy (non-hydrogen) atoms. The van der Waals surface area contributed by atoms with Crippen molar-refractivity contribution in [2.75, 3.05) is 14.1 Å². The van der Waals surface area contributed by atoms with Crippen LogP contribution in [-0.2, 0) is 0 Å². The topological polar surface area (TPSA) is 119 Å². The van der Waals surface area contributed by atoms with Crippen molar-refractivity contribution in [3.63, 3.8) is 0 Å². The minimum Gasteiger partial charge on any atom is -0.507 e. The van der Waals surface area contributed by atoms with Gasteiger partial charge in [0, 0.05) is 54.8 Å². The molecule has 0 radical (unpaired) electrons. The summed E-state index contributed by atoms with van der Waals surface area (Å²) < 4.78 is 0. The largest absolute Gasteiger partial charge is 0.507 e. The third kappa shape index (κ3) is 5.86. The van der Waals surface area contributed by atoms with E-state index in [9.17, 15) is 5.11 Å². The lowest BCUT2D eigenvalue weighted by atomic mass is 9.79. The Morgan fingerprint density at radius 1 is 1.23 bits per heavy atom. The first kappa shape index (κ1) is 24.0. The molecule has 1 aliphatic heterocycles. The number of thioether (sulfide) groups is 1. The van der Waals surface area contributed by atoms with Crippen molar-refractivity contribution in [2.45, 2.75) is 57.7 Å². The van der Waals surface area contributed by atoms with Crippen LogP contribution >= 0.6 is 11.8 Å². The van der Waals surface area contributed by atoms with E-state index in [1.165, 1.54) is 6.21 Å². The van der Waals surface area contributed by atoms with E-state index in [-0.39, 0.29) is 33.1 Å². The van der Waals surface area contributed by atoms with Crippen molar-refractivity contribution in [3.05, 3.63) is 35.5 Å². The fourth-order valence-corrected chi connectivity index (χ4v) is 4.97. The molecule has 164 valence electrons. The highest BCUT2D eigenvalue weighted by Crippen LogP contribution is 2.33. The second kappa shape index (κ2) is 9.22. The number of allylic oxidation sites excluding steroid dienone is 1. The number of phenolic OH excluding ortho intramolecular Hbond substituents is 1. The summed E-state index contributed by atoms with van der Waals surface area (Å²) in [5, 5.41) is 41.8. The molecule has 0 saturated carbocycles. The quantitative estimate of drug-likeness (QED) is 0.313. The average molecular weight is 431 g/mol. The highest BCUT2D eigenvalue weighted by molar-refractivity contribution is 8.26. The van der Waals surface area contributed by atoms with Crippen molar-refractivity contribution >= 4 is 33.8 Å². The highest BCUT2D eigenvalue weighted by atomic mass is 32.2. The maximum absolute atomic E-state index is 10.4. The van der Waals surface area contributed by atoms with Crippen LogP contribution in [0, 0.1) is 16.2 Å². The fourth-order valence-electron chi connectivity index (χ4n) is 4.20. The standard InChI is InChI=1S/C22H34N6OS/c1-21(2)10-16(11-22(3,4)27-21)28(6)20(25)30-19(24)17-8-7-14(9-18(17)29)15(12-23)13-26-5/h7-9,12-13,16,23-27,29H,10-11H2,1-6H3/b15-13+,23-12?,24-19?,25-20?. The van der Waals surface area contributed by atoms with Gasteiger partial charge in [-0.3, -0.25) is 10.8 Å². The molecule has 6 N–H and O–H groups in total. The van der Waals surface area contributed by atoms with Gasteiger partial charge >= 0.3 is 0 Å². The monoisotopic (exact) mass is 430 g/mol. The molecule has 1 aliphatic rings. The number of hydrogen-bond donors (Lipinski definition) is 6. The lowest BCUT2D eigenvalue weighted by molar-refractivity contribution is 0.114. The molecular formula is C22H34N6OS. The molecule has 0 aliphatic carbocycles. The van der Waals surface area contributed by atoms with Crippen LogP contribution in [0.4, 0.5) is 0 Å². The zero-order chi connectivity index (χ0) is 22.7. The Morgan fingerprint density at radius 3 is 2.33 bits per heavy atom. The molecule has 0 aromatic heterocycles. The molecule has 0 atom stereocenters. The Hall–Kier alpha value is -2.32. The van der Waals surface area contributed by atoms with Gasteiger partial charge in [-0.05, 0) is 70.0 Å². The van der Waals surface area contributed by atoms with E-state index in [4.69, 9.17) is 16.2 Å². The van der Waals surface area contributed by atoms with Gasteiger partial charge in [0.05, 0.1) is 0 Å². The van der Waals surface area contributed by atoms with Gasteiger partial charge in [0.1, 0.15) is 10.8 Å². The maximum Gasteiger partial charge on any atom is 0.162 e. The molecule has 0 unspecified atom stereocenters. The number of aromatic hydroxyl groups is 1. The molecule has 8 heteroatoms. The van der Waals surface area contributed by atoms with E-state index >= 15 is 0 Å². The van der Waals surface area contributed by atoms with Crippen molar-refractivity contribution in [1.29, 1.82) is 16.2 Å². The third-order valence-corrected chi connectivity index (χ3v) is 6.17. The molecule has 1 aromatic carbocycles. The van der Waals surface area contributed by atoms with Crippen LogP contribution in [0.15, 0.2) is 24.4 Å². The summed E-state index contributed by atoms with van der Waals surface area (Å²) in [5.74, 6) is -0.0339. The summed E-state index contributed by atoms with van der Waals surface area (Å²) in [6, 6.07) is 5.17. The number of benzene rings is 1. The summed E-state index contributed by atoms with van der Waals surface area (Å²) >= 11 is 1.04. The number of hydrogen-bond acceptors (Lipinski definition) is 7. The summed E-state index contributed by atoms with van der Waals surface area (Å²) in [5.41, 5.74) is 1.63. The smallest absolute Gasteiger partial charge is 0.162 e. The van der Waals surface area contributed by atoms with E-state index in [2.05, 4.69) is 38.3 Å². The number of nitrogens with one attached hydrogen (secondary N) is 5. The Morgan fingerprint density at radius 2 is 1.83 bits per heavy atom. The van der Waals surface area contributed by atoms with Crippen LogP contribution in [0.5, 0.6) is 5.75 Å². The Kier molecular flexibility index (Phi) is 7.36. The molecule has 7 nitrogen and oxygen atoms in total. The molecule has 0 bridgehead atoms. The maximum atomic E-state index is 10.4. The summed E-state index contributed by atoms with van der Waals surface area (Å²) in [4.78, 5) is 1.94. The SMILES string of the molecule is CN/C=C(\C=N)c1ccc(C(=N)SC(=N)N(C)C2CC(C)(C)NC(C)(C)C2)c(O)c1. The van der Waals surface area contributed by atoms with Gasteiger partial charge in [0.15, 0.2) is 5.17 Å². The average Bonchev–Trinajstić information content (AvgIpc) is 2.62. The van der Waals surface area contributed by atoms with E-state index in [1.54, 1.807) is 31.4 Å². The van der Waals surface area contributed by atoms with Crippen molar-refractivity contribution in [1.82, 2.24) is 15.5 Å². The Balaban J connectivity index is 2.13. The van der Waals surface area contributed by atoms with Crippen molar-refractivity contribution < 1.29 is 5.11 Å². The van der Waals surface area contributed by atoms with Crippen LogP contribution in [0.3, 0.4) is 0 Å². The number of rotatable bonds is 5. The first-order chi connectivity index (χ1) is 13.9. The van der Waals surface area contributed by atoms with Crippen LogP contribution in [-0.4, -0.2) is 57.6 Å². The second-order valence-electron chi connectivity index (χ2n) is 9.07. The molecule has 2 rings (SSSR count). The number of nitrogens with zero attached hydrogens (tertiary/aromatic N) is 1. The molecule has 0 amide bonds.